The second-order valence-electron chi connectivity index (χ2n) is 13.3. The van der Waals surface area contributed by atoms with Gasteiger partial charge >= 0.3 is 0 Å². The number of rotatable bonds is 24. The fourth-order valence-electron chi connectivity index (χ4n) is 6.37. The standard InChI is InChI=1S/C36H66O4/c1-7-9-11-13-15-17-19-23-27-31-33(39-35(3,4)37-31)29-25-21-22-26-30-34-32(38-36(5,6)40-34)28-24-20-18-16-14-12-10-8-2/h7,21-22,31-34H,1,8-20,23-30H2,2-6H3/t31-,32-,33-,34-/m1/s1. The summed E-state index contributed by atoms with van der Waals surface area (Å²) in [5, 5.41) is 0. The first-order chi connectivity index (χ1) is 19.3. The SMILES string of the molecule is C=CCCCCCCCC[C@H]1OC(C)(C)O[C@@H]1CCC=CCC[C@H]1OC(C)(C)O[C@@H]1CCCCCCCCCC. The van der Waals surface area contributed by atoms with Crippen LogP contribution in [-0.2, 0) is 18.9 Å². The molecule has 0 aromatic rings. The van der Waals surface area contributed by atoms with Gasteiger partial charge in [-0.1, -0.05) is 109 Å². The molecular formula is C36H66O4. The predicted molar refractivity (Wildman–Crippen MR) is 170 cm³/mol. The molecule has 2 saturated heterocycles. The lowest BCUT2D eigenvalue weighted by molar-refractivity contribution is -0.147. The van der Waals surface area contributed by atoms with E-state index < -0.39 is 11.6 Å². The molecule has 2 fully saturated rings. The Labute approximate surface area is 249 Å². The van der Waals surface area contributed by atoms with Gasteiger partial charge in [-0.25, -0.2) is 0 Å². The molecule has 4 heteroatoms. The summed E-state index contributed by atoms with van der Waals surface area (Å²) >= 11 is 0. The molecule has 0 aromatic heterocycles. The molecule has 0 bridgehead atoms. The van der Waals surface area contributed by atoms with Gasteiger partial charge < -0.3 is 18.9 Å². The van der Waals surface area contributed by atoms with Crippen molar-refractivity contribution in [3.05, 3.63) is 24.8 Å². The van der Waals surface area contributed by atoms with Crippen LogP contribution in [0, 0.1) is 0 Å². The second kappa shape index (κ2) is 20.3. The molecule has 2 aliphatic heterocycles. The quantitative estimate of drug-likeness (QED) is 0.0866. The minimum atomic E-state index is -0.458. The van der Waals surface area contributed by atoms with Gasteiger partial charge in [0, 0.05) is 0 Å². The topological polar surface area (TPSA) is 36.9 Å². The molecule has 234 valence electrons. The fourth-order valence-corrected chi connectivity index (χ4v) is 6.37. The van der Waals surface area contributed by atoms with Crippen molar-refractivity contribution in [1.29, 1.82) is 0 Å². The maximum atomic E-state index is 6.29. The normalized spacial score (nSPS) is 25.7. The van der Waals surface area contributed by atoms with Crippen LogP contribution >= 0.6 is 0 Å². The lowest BCUT2D eigenvalue weighted by Crippen LogP contribution is -2.22. The number of ether oxygens (including phenoxy) is 4. The monoisotopic (exact) mass is 562 g/mol. The lowest BCUT2D eigenvalue weighted by Gasteiger charge is -2.16. The van der Waals surface area contributed by atoms with Gasteiger partial charge in [0.2, 0.25) is 0 Å². The molecule has 4 nitrogen and oxygen atoms in total. The Morgan fingerprint density at radius 2 is 0.825 bits per heavy atom. The van der Waals surface area contributed by atoms with E-state index in [1.165, 1.54) is 89.9 Å². The first-order valence-electron chi connectivity index (χ1n) is 17.2. The summed E-state index contributed by atoms with van der Waals surface area (Å²) in [6.07, 6.45) is 33.8. The lowest BCUT2D eigenvalue weighted by atomic mass is 10.00. The Morgan fingerprint density at radius 1 is 0.475 bits per heavy atom. The number of unbranched alkanes of at least 4 members (excludes halogenated alkanes) is 13. The van der Waals surface area contributed by atoms with Gasteiger partial charge in [0.1, 0.15) is 0 Å². The highest BCUT2D eigenvalue weighted by Gasteiger charge is 2.41. The molecule has 0 aliphatic carbocycles. The van der Waals surface area contributed by atoms with E-state index in [2.05, 4.69) is 53.3 Å². The number of allylic oxidation sites excluding steroid dienone is 3. The van der Waals surface area contributed by atoms with E-state index in [1.54, 1.807) is 0 Å². The van der Waals surface area contributed by atoms with Gasteiger partial charge in [-0.15, -0.1) is 6.58 Å². The van der Waals surface area contributed by atoms with Crippen LogP contribution in [0.2, 0.25) is 0 Å². The predicted octanol–water partition coefficient (Wildman–Crippen LogP) is 11.0. The Balaban J connectivity index is 1.61. The minimum absolute atomic E-state index is 0.204. The van der Waals surface area contributed by atoms with Crippen molar-refractivity contribution in [1.82, 2.24) is 0 Å². The van der Waals surface area contributed by atoms with Crippen LogP contribution in [0.3, 0.4) is 0 Å². The first kappa shape index (κ1) is 35.5. The van der Waals surface area contributed by atoms with Crippen LogP contribution in [0.15, 0.2) is 24.8 Å². The van der Waals surface area contributed by atoms with E-state index in [0.29, 0.717) is 0 Å². The van der Waals surface area contributed by atoms with Crippen molar-refractivity contribution < 1.29 is 18.9 Å². The molecule has 0 spiro atoms. The largest absolute Gasteiger partial charge is 0.345 e. The summed E-state index contributed by atoms with van der Waals surface area (Å²) in [6, 6.07) is 0. The molecule has 0 aromatic carbocycles. The van der Waals surface area contributed by atoms with Crippen molar-refractivity contribution in [2.24, 2.45) is 0 Å². The molecule has 0 N–H and O–H groups in total. The van der Waals surface area contributed by atoms with Crippen molar-refractivity contribution in [2.75, 3.05) is 0 Å². The molecule has 0 radical (unpaired) electrons. The highest BCUT2D eigenvalue weighted by molar-refractivity contribution is 4.89. The van der Waals surface area contributed by atoms with Crippen LogP contribution in [0.25, 0.3) is 0 Å². The van der Waals surface area contributed by atoms with E-state index in [1.807, 2.05) is 6.08 Å². The molecule has 2 heterocycles. The number of hydrogen-bond acceptors (Lipinski definition) is 4. The summed E-state index contributed by atoms with van der Waals surface area (Å²) in [5.74, 6) is -0.910. The zero-order valence-corrected chi connectivity index (χ0v) is 27.2. The minimum Gasteiger partial charge on any atom is -0.345 e. The molecular weight excluding hydrogens is 496 g/mol. The van der Waals surface area contributed by atoms with E-state index >= 15 is 0 Å². The van der Waals surface area contributed by atoms with Gasteiger partial charge in [-0.2, -0.15) is 0 Å². The Morgan fingerprint density at radius 3 is 1.23 bits per heavy atom. The van der Waals surface area contributed by atoms with E-state index in [4.69, 9.17) is 18.9 Å². The summed E-state index contributed by atoms with van der Waals surface area (Å²) in [7, 11) is 0. The molecule has 0 unspecified atom stereocenters. The summed E-state index contributed by atoms with van der Waals surface area (Å²) < 4.78 is 25.1. The van der Waals surface area contributed by atoms with Gasteiger partial charge in [0.15, 0.2) is 11.6 Å². The molecule has 4 atom stereocenters. The van der Waals surface area contributed by atoms with Crippen LogP contribution in [0.4, 0.5) is 0 Å². The van der Waals surface area contributed by atoms with Crippen molar-refractivity contribution in [3.63, 3.8) is 0 Å². The highest BCUT2D eigenvalue weighted by Crippen LogP contribution is 2.35. The Hall–Kier alpha value is -0.680. The maximum absolute atomic E-state index is 6.29. The first-order valence-corrected chi connectivity index (χ1v) is 17.2. The molecule has 40 heavy (non-hydrogen) atoms. The third-order valence-corrected chi connectivity index (χ3v) is 8.46. The van der Waals surface area contributed by atoms with E-state index in [-0.39, 0.29) is 24.4 Å². The van der Waals surface area contributed by atoms with E-state index in [0.717, 1.165) is 44.9 Å². The summed E-state index contributed by atoms with van der Waals surface area (Å²) in [5.41, 5.74) is 0. The van der Waals surface area contributed by atoms with Gasteiger partial charge in [0.05, 0.1) is 24.4 Å². The molecule has 2 rings (SSSR count). The smallest absolute Gasteiger partial charge is 0.163 e. The number of hydrogen-bond donors (Lipinski definition) is 0. The van der Waals surface area contributed by atoms with Gasteiger partial charge in [-0.3, -0.25) is 0 Å². The van der Waals surface area contributed by atoms with Gasteiger partial charge in [-0.05, 0) is 79.1 Å². The second-order valence-corrected chi connectivity index (χ2v) is 13.3. The molecule has 0 saturated carbocycles. The van der Waals surface area contributed by atoms with Crippen LogP contribution in [0.5, 0.6) is 0 Å². The Kier molecular flexibility index (Phi) is 18.0. The maximum Gasteiger partial charge on any atom is 0.163 e. The third kappa shape index (κ3) is 15.5. The molecule has 2 aliphatic rings. The van der Waals surface area contributed by atoms with Crippen LogP contribution < -0.4 is 0 Å². The van der Waals surface area contributed by atoms with Crippen molar-refractivity contribution >= 4 is 0 Å². The van der Waals surface area contributed by atoms with Crippen molar-refractivity contribution in [2.45, 2.75) is 205 Å². The van der Waals surface area contributed by atoms with Crippen molar-refractivity contribution in [3.8, 4) is 0 Å². The third-order valence-electron chi connectivity index (χ3n) is 8.46. The zero-order chi connectivity index (χ0) is 29.1. The summed E-state index contributed by atoms with van der Waals surface area (Å²) in [6.45, 7) is 14.3. The Bertz CT molecular complexity index is 670. The molecule has 0 amide bonds. The summed E-state index contributed by atoms with van der Waals surface area (Å²) in [4.78, 5) is 0. The highest BCUT2D eigenvalue weighted by atomic mass is 16.8. The average molecular weight is 563 g/mol. The fraction of sp³-hybridized carbons (Fsp3) is 0.889. The van der Waals surface area contributed by atoms with E-state index in [9.17, 15) is 0 Å². The van der Waals surface area contributed by atoms with Crippen LogP contribution in [-0.4, -0.2) is 36.0 Å². The van der Waals surface area contributed by atoms with Crippen LogP contribution in [0.1, 0.15) is 169 Å². The average Bonchev–Trinajstić information content (AvgIpc) is 3.37. The van der Waals surface area contributed by atoms with Gasteiger partial charge in [0.25, 0.3) is 0 Å². The zero-order valence-electron chi connectivity index (χ0n) is 27.2.